The second-order valence-electron chi connectivity index (χ2n) is 14.7. The quantitative estimate of drug-likeness (QED) is 0.0223. The Kier molecular flexibility index (Phi) is 34.4. The summed E-state index contributed by atoms with van der Waals surface area (Å²) in [6, 6.07) is 0. The molecule has 2 unspecified atom stereocenters. The predicted molar refractivity (Wildman–Crippen MR) is 215 cm³/mol. The maximum Gasteiger partial charge on any atom is 0.472 e. The van der Waals surface area contributed by atoms with Gasteiger partial charge in [0.15, 0.2) is 0 Å². The van der Waals surface area contributed by atoms with E-state index in [1.54, 1.807) is 0 Å². The Morgan fingerprint density at radius 1 is 0.608 bits per heavy atom. The fourth-order valence-corrected chi connectivity index (χ4v) is 5.93. The molecule has 0 aromatic heterocycles. The molecule has 8 nitrogen and oxygen atoms in total. The lowest BCUT2D eigenvalue weighted by Gasteiger charge is -2.24. The van der Waals surface area contributed by atoms with E-state index < -0.39 is 13.9 Å². The van der Waals surface area contributed by atoms with Gasteiger partial charge in [0.25, 0.3) is 0 Å². The maximum atomic E-state index is 12.6. The zero-order valence-electron chi connectivity index (χ0n) is 33.6. The second-order valence-corrected chi connectivity index (χ2v) is 16.1. The van der Waals surface area contributed by atoms with Gasteiger partial charge >= 0.3 is 13.8 Å². The standard InChI is InChI=1S/C42H78NO7P/c1-6-8-10-12-14-16-18-20-21-22-23-24-25-27-29-31-33-35-42(44)50-41(40-49-51(45,46)48-38-36-43(3,4)5)39-47-37-34-32-30-28-26-19-17-15-13-11-9-7-2/h14,16,20-21,23-24,27,29,41H,6-13,15,17-19,22,25-26,28,30-40H2,1-5H3/p+1/b16-14-,21-20-,24-23-,29-27-. The molecule has 0 amide bonds. The number of hydrogen-bond acceptors (Lipinski definition) is 6. The second kappa shape index (κ2) is 35.5. The summed E-state index contributed by atoms with van der Waals surface area (Å²) >= 11 is 0. The summed E-state index contributed by atoms with van der Waals surface area (Å²) in [5.41, 5.74) is 0. The number of phosphoric acid groups is 1. The van der Waals surface area contributed by atoms with Crippen LogP contribution >= 0.6 is 7.82 Å². The molecule has 0 fully saturated rings. The van der Waals surface area contributed by atoms with Crippen LogP contribution in [0.15, 0.2) is 48.6 Å². The molecule has 1 N–H and O–H groups in total. The van der Waals surface area contributed by atoms with Crippen molar-refractivity contribution in [2.24, 2.45) is 0 Å². The average Bonchev–Trinajstić information content (AvgIpc) is 3.08. The van der Waals surface area contributed by atoms with Crippen LogP contribution in [0.5, 0.6) is 0 Å². The third-order valence-electron chi connectivity index (χ3n) is 8.39. The maximum absolute atomic E-state index is 12.6. The van der Waals surface area contributed by atoms with Crippen molar-refractivity contribution < 1.29 is 37.3 Å². The molecule has 0 saturated carbocycles. The smallest absolute Gasteiger partial charge is 0.457 e. The Balaban J connectivity index is 4.39. The van der Waals surface area contributed by atoms with Gasteiger partial charge < -0.3 is 18.9 Å². The molecule has 2 atom stereocenters. The molecule has 0 heterocycles. The first-order valence-electron chi connectivity index (χ1n) is 20.4. The van der Waals surface area contributed by atoms with Crippen LogP contribution < -0.4 is 0 Å². The molecular formula is C42H79NO7P+. The van der Waals surface area contributed by atoms with Crippen molar-refractivity contribution in [2.45, 2.75) is 161 Å². The number of likely N-dealkylation sites (N-methyl/N-ethyl adjacent to an activating group) is 1. The zero-order valence-corrected chi connectivity index (χ0v) is 34.5. The Morgan fingerprint density at radius 3 is 1.61 bits per heavy atom. The Morgan fingerprint density at radius 2 is 1.08 bits per heavy atom. The van der Waals surface area contributed by atoms with Crippen molar-refractivity contribution >= 4 is 13.8 Å². The molecule has 0 radical (unpaired) electrons. The van der Waals surface area contributed by atoms with E-state index in [2.05, 4.69) is 62.5 Å². The molecule has 0 spiro atoms. The number of ether oxygens (including phenoxy) is 2. The first-order chi connectivity index (χ1) is 24.6. The Labute approximate surface area is 314 Å². The van der Waals surface area contributed by atoms with Crippen molar-refractivity contribution in [3.63, 3.8) is 0 Å². The van der Waals surface area contributed by atoms with Gasteiger partial charge in [-0.3, -0.25) is 13.8 Å². The van der Waals surface area contributed by atoms with Gasteiger partial charge in [-0.2, -0.15) is 0 Å². The van der Waals surface area contributed by atoms with E-state index in [0.29, 0.717) is 24.1 Å². The number of allylic oxidation sites excluding steroid dienone is 8. The fraction of sp³-hybridized carbons (Fsp3) is 0.786. The van der Waals surface area contributed by atoms with Crippen molar-refractivity contribution in [1.29, 1.82) is 0 Å². The number of nitrogens with zero attached hydrogens (tertiary/aromatic N) is 1. The molecule has 9 heteroatoms. The summed E-state index contributed by atoms with van der Waals surface area (Å²) in [5, 5.41) is 0. The van der Waals surface area contributed by atoms with Crippen LogP contribution in [-0.2, 0) is 27.9 Å². The van der Waals surface area contributed by atoms with Crippen LogP contribution in [-0.4, -0.2) is 75.6 Å². The molecule has 0 aromatic carbocycles. The van der Waals surface area contributed by atoms with Crippen molar-refractivity contribution in [3.05, 3.63) is 48.6 Å². The highest BCUT2D eigenvalue weighted by Crippen LogP contribution is 2.43. The molecule has 51 heavy (non-hydrogen) atoms. The summed E-state index contributed by atoms with van der Waals surface area (Å²) in [6.07, 6.45) is 41.4. The first kappa shape index (κ1) is 49.5. The number of hydrogen-bond donors (Lipinski definition) is 1. The minimum absolute atomic E-state index is 0.0780. The lowest BCUT2D eigenvalue weighted by Crippen LogP contribution is -2.37. The topological polar surface area (TPSA) is 91.3 Å². The van der Waals surface area contributed by atoms with Gasteiger partial charge in [0.2, 0.25) is 0 Å². The molecule has 0 rings (SSSR count). The number of unbranched alkanes of at least 4 members (excludes halogenated alkanes) is 15. The number of rotatable bonds is 37. The van der Waals surface area contributed by atoms with E-state index in [1.165, 1.54) is 89.9 Å². The van der Waals surface area contributed by atoms with Gasteiger partial charge in [0.05, 0.1) is 34.4 Å². The Hall–Kier alpha value is -1.54. The van der Waals surface area contributed by atoms with Gasteiger partial charge in [-0.15, -0.1) is 0 Å². The van der Waals surface area contributed by atoms with E-state index in [-0.39, 0.29) is 32.2 Å². The third kappa shape index (κ3) is 39.5. The average molecular weight is 741 g/mol. The van der Waals surface area contributed by atoms with Gasteiger partial charge in [-0.1, -0.05) is 146 Å². The van der Waals surface area contributed by atoms with Crippen molar-refractivity contribution in [3.8, 4) is 0 Å². The Bertz CT molecular complexity index is 957. The van der Waals surface area contributed by atoms with Crippen LogP contribution in [0.3, 0.4) is 0 Å². The predicted octanol–water partition coefficient (Wildman–Crippen LogP) is 11.6. The monoisotopic (exact) mass is 741 g/mol. The van der Waals surface area contributed by atoms with Crippen LogP contribution in [0.4, 0.5) is 0 Å². The normalized spacial score (nSPS) is 14.4. The molecular weight excluding hydrogens is 661 g/mol. The van der Waals surface area contributed by atoms with Gasteiger partial charge in [0.1, 0.15) is 19.3 Å². The number of carbonyl (C=O) groups excluding carboxylic acids is 1. The summed E-state index contributed by atoms with van der Waals surface area (Å²) in [6.45, 7) is 5.51. The molecule has 0 aromatic rings. The molecule has 298 valence electrons. The van der Waals surface area contributed by atoms with Crippen LogP contribution in [0, 0.1) is 0 Å². The minimum Gasteiger partial charge on any atom is -0.457 e. The van der Waals surface area contributed by atoms with Gasteiger partial charge in [0, 0.05) is 13.0 Å². The highest BCUT2D eigenvalue weighted by Gasteiger charge is 2.26. The number of esters is 1. The lowest BCUT2D eigenvalue weighted by molar-refractivity contribution is -0.870. The van der Waals surface area contributed by atoms with Crippen molar-refractivity contribution in [2.75, 3.05) is 54.1 Å². The molecule has 0 aliphatic rings. The van der Waals surface area contributed by atoms with E-state index in [1.807, 2.05) is 21.1 Å². The van der Waals surface area contributed by atoms with E-state index in [0.717, 1.165) is 38.5 Å². The summed E-state index contributed by atoms with van der Waals surface area (Å²) < 4.78 is 34.8. The number of phosphoric ester groups is 1. The minimum atomic E-state index is -4.28. The number of carbonyl (C=O) groups is 1. The van der Waals surface area contributed by atoms with E-state index >= 15 is 0 Å². The SMILES string of the molecule is CCCCC/C=C\C/C=C\C/C=C\C/C=C\CCCC(=O)OC(COCCCCCCCCCCCCCC)COP(=O)(O)OCC[N+](C)(C)C. The van der Waals surface area contributed by atoms with Crippen molar-refractivity contribution in [1.82, 2.24) is 0 Å². The fourth-order valence-electron chi connectivity index (χ4n) is 5.19. The summed E-state index contributed by atoms with van der Waals surface area (Å²) in [7, 11) is 1.63. The largest absolute Gasteiger partial charge is 0.472 e. The number of quaternary nitrogens is 1. The molecule has 0 saturated heterocycles. The molecule has 0 aliphatic heterocycles. The first-order valence-corrected chi connectivity index (χ1v) is 21.9. The zero-order chi connectivity index (χ0) is 37.7. The summed E-state index contributed by atoms with van der Waals surface area (Å²) in [4.78, 5) is 22.8. The summed E-state index contributed by atoms with van der Waals surface area (Å²) in [5.74, 6) is -0.368. The van der Waals surface area contributed by atoms with Gasteiger partial charge in [-0.05, 0) is 51.4 Å². The highest BCUT2D eigenvalue weighted by atomic mass is 31.2. The van der Waals surface area contributed by atoms with E-state index in [9.17, 15) is 14.3 Å². The lowest BCUT2D eigenvalue weighted by atomic mass is 10.1. The van der Waals surface area contributed by atoms with Crippen LogP contribution in [0.1, 0.15) is 155 Å². The van der Waals surface area contributed by atoms with Crippen LogP contribution in [0.2, 0.25) is 0 Å². The highest BCUT2D eigenvalue weighted by molar-refractivity contribution is 7.47. The van der Waals surface area contributed by atoms with E-state index in [4.69, 9.17) is 18.5 Å². The van der Waals surface area contributed by atoms with Crippen LogP contribution in [0.25, 0.3) is 0 Å². The molecule has 0 aliphatic carbocycles. The van der Waals surface area contributed by atoms with Gasteiger partial charge in [-0.25, -0.2) is 4.57 Å². The third-order valence-corrected chi connectivity index (χ3v) is 9.38. The molecule has 0 bridgehead atoms.